The molecule has 1 saturated heterocycles. The highest BCUT2D eigenvalue weighted by molar-refractivity contribution is 6.04. The Morgan fingerprint density at radius 1 is 1.02 bits per heavy atom. The van der Waals surface area contributed by atoms with Crippen LogP contribution in [0.4, 0.5) is 42.1 Å². The zero-order valence-electron chi connectivity index (χ0n) is 23.2. The van der Waals surface area contributed by atoms with E-state index in [9.17, 15) is 18.0 Å². The number of hydrogen-bond acceptors (Lipinski definition) is 9. The largest absolute Gasteiger partial charge is 0.416 e. The van der Waals surface area contributed by atoms with Crippen LogP contribution in [-0.2, 0) is 6.18 Å². The summed E-state index contributed by atoms with van der Waals surface area (Å²) >= 11 is 0. The number of carbonyl (C=O) groups excluding carboxylic acids is 1. The molecule has 11 nitrogen and oxygen atoms in total. The number of aromatic nitrogens is 5. The smallest absolute Gasteiger partial charge is 0.369 e. The highest BCUT2D eigenvalue weighted by Crippen LogP contribution is 2.35. The lowest BCUT2D eigenvalue weighted by Crippen LogP contribution is -2.45. The molecule has 0 saturated carbocycles. The molecule has 42 heavy (non-hydrogen) atoms. The summed E-state index contributed by atoms with van der Waals surface area (Å²) in [6.07, 6.45) is -1.74. The van der Waals surface area contributed by atoms with E-state index < -0.39 is 17.6 Å². The van der Waals surface area contributed by atoms with Crippen LogP contribution in [0.5, 0.6) is 0 Å². The second-order valence-corrected chi connectivity index (χ2v) is 10.0. The lowest BCUT2D eigenvalue weighted by Gasteiger charge is -2.32. The van der Waals surface area contributed by atoms with Crippen molar-refractivity contribution in [1.82, 2.24) is 34.9 Å². The molecule has 0 unspecified atom stereocenters. The van der Waals surface area contributed by atoms with Crippen LogP contribution in [0, 0.1) is 6.92 Å². The first-order valence-electron chi connectivity index (χ1n) is 13.4. The summed E-state index contributed by atoms with van der Waals surface area (Å²) in [7, 11) is 2.12. The first-order valence-corrected chi connectivity index (χ1v) is 13.4. The van der Waals surface area contributed by atoms with Crippen molar-refractivity contribution in [2.45, 2.75) is 13.1 Å². The van der Waals surface area contributed by atoms with Crippen molar-refractivity contribution in [1.29, 1.82) is 0 Å². The van der Waals surface area contributed by atoms with Gasteiger partial charge in [0.25, 0.3) is 5.91 Å². The summed E-state index contributed by atoms with van der Waals surface area (Å²) in [6.45, 7) is 7.60. The molecule has 1 fully saturated rings. The van der Waals surface area contributed by atoms with E-state index in [1.165, 1.54) is 24.8 Å². The Labute approximate surface area is 240 Å². The summed E-state index contributed by atoms with van der Waals surface area (Å²) in [5, 5.41) is 12.9. The summed E-state index contributed by atoms with van der Waals surface area (Å²) in [5.74, 6) is 0.830. The second-order valence-electron chi connectivity index (χ2n) is 10.0. The standard InChI is InChI=1S/C28H31F3N10O/c1-19-6-7-22(37-26(42)20-4-3-5-21(14-20)28(29,30)31)15-23(19)41(27-35-18-36-38-27)25-16-24(33-17-34-25)32-8-9-40-12-10-39(2)11-13-40/h3-7,14-18H,8-13H2,1-2H3,(H,37,42)(H,32,33,34)(H,35,36,38). The number of rotatable bonds is 9. The number of hydrogen-bond donors (Lipinski definition) is 3. The monoisotopic (exact) mass is 580 g/mol. The number of benzene rings is 2. The fraction of sp³-hybridized carbons (Fsp3) is 0.321. The maximum absolute atomic E-state index is 13.2. The minimum atomic E-state index is -4.55. The van der Waals surface area contributed by atoms with E-state index in [0.29, 0.717) is 35.5 Å². The topological polar surface area (TPSA) is 118 Å². The van der Waals surface area contributed by atoms with Crippen LogP contribution in [0.3, 0.4) is 0 Å². The fourth-order valence-electron chi connectivity index (χ4n) is 4.60. The van der Waals surface area contributed by atoms with Crippen LogP contribution in [0.1, 0.15) is 21.5 Å². The molecule has 3 N–H and O–H groups in total. The van der Waals surface area contributed by atoms with E-state index in [0.717, 1.165) is 50.4 Å². The number of alkyl halides is 3. The van der Waals surface area contributed by atoms with Gasteiger partial charge in [0, 0.05) is 56.6 Å². The van der Waals surface area contributed by atoms with Gasteiger partial charge in [0.2, 0.25) is 5.95 Å². The third kappa shape index (κ3) is 7.01. The molecule has 3 heterocycles. The number of nitrogens with zero attached hydrogens (tertiary/aromatic N) is 7. The highest BCUT2D eigenvalue weighted by Gasteiger charge is 2.31. The van der Waals surface area contributed by atoms with Crippen molar-refractivity contribution in [3.05, 3.63) is 77.9 Å². The number of aryl methyl sites for hydroxylation is 1. The Morgan fingerprint density at radius 3 is 2.57 bits per heavy atom. The van der Waals surface area contributed by atoms with E-state index >= 15 is 0 Å². The Kier molecular flexibility index (Phi) is 8.64. The Bertz CT molecular complexity index is 1500. The van der Waals surface area contributed by atoms with Crippen LogP contribution < -0.4 is 15.5 Å². The van der Waals surface area contributed by atoms with Crippen molar-refractivity contribution in [3.63, 3.8) is 0 Å². The number of H-pyrrole nitrogens is 1. The van der Waals surface area contributed by atoms with E-state index in [2.05, 4.69) is 52.6 Å². The molecule has 0 bridgehead atoms. The number of piperazine rings is 1. The van der Waals surface area contributed by atoms with Gasteiger partial charge < -0.3 is 15.5 Å². The molecule has 0 radical (unpaired) electrons. The quantitative estimate of drug-likeness (QED) is 0.266. The molecule has 1 aliphatic rings. The van der Waals surface area contributed by atoms with Gasteiger partial charge in [-0.2, -0.15) is 23.3 Å². The van der Waals surface area contributed by atoms with Crippen molar-refractivity contribution < 1.29 is 18.0 Å². The molecule has 1 amide bonds. The van der Waals surface area contributed by atoms with E-state index in [4.69, 9.17) is 0 Å². The van der Waals surface area contributed by atoms with Crippen LogP contribution in [0.2, 0.25) is 0 Å². The molecule has 2 aromatic heterocycles. The third-order valence-electron chi connectivity index (χ3n) is 6.99. The number of aromatic amines is 1. The predicted octanol–water partition coefficient (Wildman–Crippen LogP) is 4.30. The highest BCUT2D eigenvalue weighted by atomic mass is 19.4. The van der Waals surface area contributed by atoms with E-state index in [-0.39, 0.29) is 5.56 Å². The number of anilines is 5. The molecule has 1 aliphatic heterocycles. The Morgan fingerprint density at radius 2 is 1.83 bits per heavy atom. The minimum Gasteiger partial charge on any atom is -0.369 e. The van der Waals surface area contributed by atoms with E-state index in [1.54, 1.807) is 29.2 Å². The third-order valence-corrected chi connectivity index (χ3v) is 6.99. The Balaban J connectivity index is 1.36. The zero-order chi connectivity index (χ0) is 29.7. The van der Waals surface area contributed by atoms with Crippen molar-refractivity contribution in [3.8, 4) is 0 Å². The van der Waals surface area contributed by atoms with Crippen molar-refractivity contribution >= 4 is 34.9 Å². The molecule has 4 aromatic rings. The molecular formula is C28H31F3N10O. The second kappa shape index (κ2) is 12.5. The van der Waals surface area contributed by atoms with Gasteiger partial charge in [0.05, 0.1) is 11.3 Å². The fourth-order valence-corrected chi connectivity index (χ4v) is 4.60. The Hall–Kier alpha value is -4.56. The van der Waals surface area contributed by atoms with Crippen molar-refractivity contribution in [2.75, 3.05) is 61.8 Å². The molecule has 0 atom stereocenters. The van der Waals surface area contributed by atoms with Gasteiger partial charge in [0.15, 0.2) is 0 Å². The average Bonchev–Trinajstić information content (AvgIpc) is 3.50. The van der Waals surface area contributed by atoms with Crippen LogP contribution in [0.25, 0.3) is 0 Å². The first kappa shape index (κ1) is 29.0. The predicted molar refractivity (Wildman–Crippen MR) is 153 cm³/mol. The minimum absolute atomic E-state index is 0.109. The summed E-state index contributed by atoms with van der Waals surface area (Å²) in [6, 6.07) is 11.2. The van der Waals surface area contributed by atoms with Crippen LogP contribution in [-0.4, -0.2) is 87.2 Å². The summed E-state index contributed by atoms with van der Waals surface area (Å²) in [4.78, 5) is 32.5. The number of nitrogens with one attached hydrogen (secondary N) is 3. The van der Waals surface area contributed by atoms with E-state index in [1.807, 2.05) is 6.92 Å². The number of amides is 1. The van der Waals surface area contributed by atoms with Crippen LogP contribution in [0.15, 0.2) is 61.2 Å². The van der Waals surface area contributed by atoms with Crippen molar-refractivity contribution in [2.24, 2.45) is 0 Å². The maximum atomic E-state index is 13.2. The SMILES string of the molecule is Cc1ccc(NC(=O)c2cccc(C(F)(F)F)c2)cc1N(c1cc(NCCN2CCN(C)CC2)ncn1)c1ncn[nH]1. The first-order chi connectivity index (χ1) is 20.2. The number of carbonyl (C=O) groups is 1. The molecule has 0 aliphatic carbocycles. The van der Waals surface area contributed by atoms with Gasteiger partial charge in [-0.3, -0.25) is 14.6 Å². The van der Waals surface area contributed by atoms with Gasteiger partial charge in [-0.15, -0.1) is 0 Å². The molecular weight excluding hydrogens is 549 g/mol. The molecule has 5 rings (SSSR count). The lowest BCUT2D eigenvalue weighted by molar-refractivity contribution is -0.137. The molecule has 220 valence electrons. The summed E-state index contributed by atoms with van der Waals surface area (Å²) in [5.41, 5.74) is 0.819. The average molecular weight is 581 g/mol. The normalized spacial score (nSPS) is 14.5. The molecule has 2 aromatic carbocycles. The zero-order valence-corrected chi connectivity index (χ0v) is 23.2. The molecule has 14 heteroatoms. The maximum Gasteiger partial charge on any atom is 0.416 e. The lowest BCUT2D eigenvalue weighted by atomic mass is 10.1. The van der Waals surface area contributed by atoms with Gasteiger partial charge in [-0.25, -0.2) is 15.1 Å². The summed E-state index contributed by atoms with van der Waals surface area (Å²) < 4.78 is 39.5. The van der Waals surface area contributed by atoms with Gasteiger partial charge in [0.1, 0.15) is 24.3 Å². The van der Waals surface area contributed by atoms with Gasteiger partial charge in [-0.1, -0.05) is 12.1 Å². The molecule has 0 spiro atoms. The number of halogens is 3. The number of likely N-dealkylation sites (N-methyl/N-ethyl adjacent to an activating group) is 1. The van der Waals surface area contributed by atoms with Gasteiger partial charge in [-0.05, 0) is 49.9 Å². The van der Waals surface area contributed by atoms with Gasteiger partial charge >= 0.3 is 6.18 Å². The van der Waals surface area contributed by atoms with Crippen LogP contribution >= 0.6 is 0 Å².